The predicted molar refractivity (Wildman–Crippen MR) is 96.1 cm³/mol. The van der Waals surface area contributed by atoms with Crippen molar-refractivity contribution >= 4 is 11.6 Å². The van der Waals surface area contributed by atoms with Crippen LogP contribution in [0.4, 0.5) is 23.2 Å². The van der Waals surface area contributed by atoms with Gasteiger partial charge >= 0.3 is 6.18 Å². The van der Waals surface area contributed by atoms with Gasteiger partial charge in [-0.25, -0.2) is 4.39 Å². The molecule has 0 aliphatic carbocycles. The molecule has 1 heterocycles. The van der Waals surface area contributed by atoms with E-state index in [0.717, 1.165) is 0 Å². The van der Waals surface area contributed by atoms with Crippen LogP contribution in [0.15, 0.2) is 29.3 Å². The molecule has 1 N–H and O–H groups in total. The van der Waals surface area contributed by atoms with Gasteiger partial charge in [-0.2, -0.15) is 13.2 Å². The van der Waals surface area contributed by atoms with Crippen molar-refractivity contribution in [2.24, 2.45) is 4.99 Å². The topological polar surface area (TPSA) is 30.9 Å². The first-order chi connectivity index (χ1) is 12.4. The Labute approximate surface area is 151 Å². The van der Waals surface area contributed by atoms with Crippen LogP contribution in [0.2, 0.25) is 0 Å². The van der Waals surface area contributed by atoms with Crippen LogP contribution >= 0.6 is 0 Å². The largest absolute Gasteiger partial charge is 0.389 e. The Kier molecular flexibility index (Phi) is 7.53. The first-order valence-electron chi connectivity index (χ1n) is 9.00. The Balaban J connectivity index is 1.85. The molecule has 1 aliphatic rings. The van der Waals surface area contributed by atoms with E-state index in [2.05, 4.69) is 15.2 Å². The van der Waals surface area contributed by atoms with Gasteiger partial charge in [0.2, 0.25) is 0 Å². The number of unbranched alkanes of at least 4 members (excludes halogenated alkanes) is 1. The number of anilines is 1. The van der Waals surface area contributed by atoms with Crippen molar-refractivity contribution in [1.82, 2.24) is 10.2 Å². The number of aliphatic imine (C=N–C) groups is 1. The van der Waals surface area contributed by atoms with E-state index >= 15 is 0 Å². The molecular weight excluding hydrogens is 348 g/mol. The summed E-state index contributed by atoms with van der Waals surface area (Å²) in [5.41, 5.74) is 0.598. The van der Waals surface area contributed by atoms with Crippen molar-refractivity contribution < 1.29 is 17.6 Å². The van der Waals surface area contributed by atoms with Crippen molar-refractivity contribution in [2.45, 2.75) is 32.4 Å². The molecule has 0 aromatic heterocycles. The van der Waals surface area contributed by atoms with Crippen LogP contribution in [0.5, 0.6) is 0 Å². The highest BCUT2D eigenvalue weighted by molar-refractivity contribution is 5.80. The molecule has 0 bridgehead atoms. The number of piperazine rings is 1. The van der Waals surface area contributed by atoms with Crippen LogP contribution in [-0.2, 0) is 0 Å². The Morgan fingerprint density at radius 3 is 2.42 bits per heavy atom. The van der Waals surface area contributed by atoms with Crippen LogP contribution in [0.25, 0.3) is 0 Å². The van der Waals surface area contributed by atoms with Gasteiger partial charge in [0, 0.05) is 45.7 Å². The molecular formula is C18H26F4N4. The normalized spacial score (nSPS) is 16.1. The van der Waals surface area contributed by atoms with Gasteiger partial charge in [-0.3, -0.25) is 4.99 Å². The number of benzene rings is 1. The van der Waals surface area contributed by atoms with Gasteiger partial charge in [-0.05, 0) is 31.9 Å². The number of para-hydroxylation sites is 1. The predicted octanol–water partition coefficient (Wildman–Crippen LogP) is 3.65. The number of guanidine groups is 1. The fourth-order valence-electron chi connectivity index (χ4n) is 2.92. The van der Waals surface area contributed by atoms with Crippen molar-refractivity contribution in [1.29, 1.82) is 0 Å². The highest BCUT2D eigenvalue weighted by Crippen LogP contribution is 2.22. The first kappa shape index (κ1) is 20.3. The smallest absolute Gasteiger partial charge is 0.366 e. The van der Waals surface area contributed by atoms with Crippen LogP contribution in [0.1, 0.15) is 26.2 Å². The van der Waals surface area contributed by atoms with E-state index in [0.29, 0.717) is 57.3 Å². The number of hydrogen-bond acceptors (Lipinski definition) is 2. The van der Waals surface area contributed by atoms with Gasteiger partial charge in [0.05, 0.1) is 5.69 Å². The second-order valence-electron chi connectivity index (χ2n) is 6.23. The highest BCUT2D eigenvalue weighted by Gasteiger charge is 2.26. The van der Waals surface area contributed by atoms with E-state index in [-0.39, 0.29) is 12.2 Å². The molecule has 0 spiro atoms. The van der Waals surface area contributed by atoms with Crippen molar-refractivity contribution in [3.05, 3.63) is 30.1 Å². The minimum absolute atomic E-state index is 0.0907. The lowest BCUT2D eigenvalue weighted by molar-refractivity contribution is -0.135. The highest BCUT2D eigenvalue weighted by atomic mass is 19.4. The fraction of sp³-hybridized carbons (Fsp3) is 0.611. The maximum absolute atomic E-state index is 13.9. The molecule has 146 valence electrons. The molecule has 26 heavy (non-hydrogen) atoms. The molecule has 0 saturated carbocycles. The quantitative estimate of drug-likeness (QED) is 0.357. The second-order valence-corrected chi connectivity index (χ2v) is 6.23. The molecule has 4 nitrogen and oxygen atoms in total. The summed E-state index contributed by atoms with van der Waals surface area (Å²) in [4.78, 5) is 8.52. The van der Waals surface area contributed by atoms with Crippen LogP contribution in [0.3, 0.4) is 0 Å². The van der Waals surface area contributed by atoms with Crippen molar-refractivity contribution in [3.63, 3.8) is 0 Å². The monoisotopic (exact) mass is 374 g/mol. The molecule has 0 atom stereocenters. The number of hydrogen-bond donors (Lipinski definition) is 1. The SMILES string of the molecule is CCNC(=NCCCCC(F)(F)F)N1CCN(c2ccccc2F)CC1. The summed E-state index contributed by atoms with van der Waals surface area (Å²) in [7, 11) is 0. The molecule has 1 aliphatic heterocycles. The van der Waals surface area contributed by atoms with Gasteiger partial charge in [-0.1, -0.05) is 12.1 Å². The number of nitrogens with one attached hydrogen (secondary N) is 1. The number of halogens is 4. The van der Waals surface area contributed by atoms with Gasteiger partial charge in [0.25, 0.3) is 0 Å². The number of alkyl halides is 3. The summed E-state index contributed by atoms with van der Waals surface area (Å²) >= 11 is 0. The minimum atomic E-state index is -4.10. The van der Waals surface area contributed by atoms with E-state index in [1.54, 1.807) is 12.1 Å². The van der Waals surface area contributed by atoms with Crippen LogP contribution < -0.4 is 10.2 Å². The third kappa shape index (κ3) is 6.38. The lowest BCUT2D eigenvalue weighted by Crippen LogP contribution is -2.52. The Bertz CT molecular complexity index is 581. The Morgan fingerprint density at radius 1 is 1.12 bits per heavy atom. The van der Waals surface area contributed by atoms with E-state index in [9.17, 15) is 17.6 Å². The lowest BCUT2D eigenvalue weighted by atomic mass is 10.2. The second kappa shape index (κ2) is 9.64. The van der Waals surface area contributed by atoms with Crippen molar-refractivity contribution in [3.8, 4) is 0 Å². The van der Waals surface area contributed by atoms with E-state index in [1.807, 2.05) is 17.9 Å². The Morgan fingerprint density at radius 2 is 1.81 bits per heavy atom. The molecule has 1 aromatic rings. The van der Waals surface area contributed by atoms with Crippen LogP contribution in [0, 0.1) is 5.82 Å². The van der Waals surface area contributed by atoms with Crippen LogP contribution in [-0.4, -0.2) is 56.3 Å². The number of rotatable bonds is 6. The molecule has 2 rings (SSSR count). The third-order valence-electron chi connectivity index (χ3n) is 4.24. The standard InChI is InChI=1S/C18H26F4N4/c1-2-23-17(24-10-6-5-9-18(20,21)22)26-13-11-25(12-14-26)16-8-4-3-7-15(16)19/h3-4,7-8H,2,5-6,9-14H2,1H3,(H,23,24). The van der Waals surface area contributed by atoms with Gasteiger partial charge < -0.3 is 15.1 Å². The third-order valence-corrected chi connectivity index (χ3v) is 4.24. The zero-order valence-electron chi connectivity index (χ0n) is 15.0. The summed E-state index contributed by atoms with van der Waals surface area (Å²) in [5, 5.41) is 3.19. The Hall–Kier alpha value is -1.99. The minimum Gasteiger partial charge on any atom is -0.366 e. The van der Waals surface area contributed by atoms with E-state index in [1.165, 1.54) is 6.07 Å². The average molecular weight is 374 g/mol. The average Bonchev–Trinajstić information content (AvgIpc) is 2.60. The molecule has 8 heteroatoms. The van der Waals surface area contributed by atoms with E-state index < -0.39 is 12.6 Å². The van der Waals surface area contributed by atoms with Crippen molar-refractivity contribution in [2.75, 3.05) is 44.2 Å². The summed E-state index contributed by atoms with van der Waals surface area (Å²) in [5.74, 6) is 0.485. The van der Waals surface area contributed by atoms with Gasteiger partial charge in [-0.15, -0.1) is 0 Å². The van der Waals surface area contributed by atoms with Gasteiger partial charge in [0.1, 0.15) is 5.82 Å². The lowest BCUT2D eigenvalue weighted by Gasteiger charge is -2.37. The summed E-state index contributed by atoms with van der Waals surface area (Å²) in [6.07, 6.45) is -4.37. The maximum Gasteiger partial charge on any atom is 0.389 e. The summed E-state index contributed by atoms with van der Waals surface area (Å²) < 4.78 is 50.4. The first-order valence-corrected chi connectivity index (χ1v) is 9.00. The molecule has 1 saturated heterocycles. The molecule has 0 unspecified atom stereocenters. The van der Waals surface area contributed by atoms with Gasteiger partial charge in [0.15, 0.2) is 5.96 Å². The summed E-state index contributed by atoms with van der Waals surface area (Å²) in [6, 6.07) is 6.71. The zero-order valence-corrected chi connectivity index (χ0v) is 15.0. The summed E-state index contributed by atoms with van der Waals surface area (Å²) in [6.45, 7) is 5.71. The zero-order chi connectivity index (χ0) is 19.0. The molecule has 0 radical (unpaired) electrons. The number of nitrogens with zero attached hydrogens (tertiary/aromatic N) is 3. The maximum atomic E-state index is 13.9. The molecule has 1 fully saturated rings. The van der Waals surface area contributed by atoms with E-state index in [4.69, 9.17) is 0 Å². The fourth-order valence-corrected chi connectivity index (χ4v) is 2.92. The molecule has 1 aromatic carbocycles. The molecule has 0 amide bonds.